The summed E-state index contributed by atoms with van der Waals surface area (Å²) in [7, 11) is 0. The number of nitrogens with zero attached hydrogens (tertiary/aromatic N) is 1. The van der Waals surface area contributed by atoms with E-state index in [4.69, 9.17) is 0 Å². The van der Waals surface area contributed by atoms with E-state index in [2.05, 4.69) is 18.7 Å². The second-order valence-corrected chi connectivity index (χ2v) is 6.94. The van der Waals surface area contributed by atoms with Crippen molar-refractivity contribution in [1.29, 1.82) is 0 Å². The van der Waals surface area contributed by atoms with E-state index in [0.717, 1.165) is 30.2 Å². The Hall–Kier alpha value is -0.0800. The highest BCUT2D eigenvalue weighted by atomic mass is 16.3. The lowest BCUT2D eigenvalue weighted by molar-refractivity contribution is 0.0959. The Kier molecular flexibility index (Phi) is 3.20. The molecule has 6 atom stereocenters. The molecular weight excluding hydrogens is 210 g/mol. The molecule has 3 fully saturated rings. The van der Waals surface area contributed by atoms with E-state index in [1.54, 1.807) is 0 Å². The number of hydrogen-bond acceptors (Lipinski definition) is 2. The van der Waals surface area contributed by atoms with E-state index in [9.17, 15) is 5.11 Å². The zero-order valence-electron chi connectivity index (χ0n) is 11.3. The van der Waals surface area contributed by atoms with Crippen LogP contribution in [0, 0.1) is 23.7 Å². The van der Waals surface area contributed by atoms with Gasteiger partial charge in [-0.1, -0.05) is 13.8 Å². The Morgan fingerprint density at radius 3 is 2.47 bits per heavy atom. The van der Waals surface area contributed by atoms with Gasteiger partial charge in [0.1, 0.15) is 0 Å². The minimum atomic E-state index is 0.00457. The van der Waals surface area contributed by atoms with Gasteiger partial charge in [0, 0.05) is 25.0 Å². The molecular formula is C15H27NO. The van der Waals surface area contributed by atoms with E-state index in [-0.39, 0.29) is 6.10 Å². The predicted octanol–water partition coefficient (Wildman–Crippen LogP) is 2.51. The largest absolute Gasteiger partial charge is 0.393 e. The fourth-order valence-corrected chi connectivity index (χ4v) is 4.42. The summed E-state index contributed by atoms with van der Waals surface area (Å²) in [4.78, 5) is 2.71. The third-order valence-corrected chi connectivity index (χ3v) is 5.93. The molecule has 0 amide bonds. The highest BCUT2D eigenvalue weighted by Gasteiger charge is 2.44. The zero-order valence-corrected chi connectivity index (χ0v) is 11.3. The van der Waals surface area contributed by atoms with E-state index in [1.807, 2.05) is 0 Å². The Bertz CT molecular complexity index is 280. The van der Waals surface area contributed by atoms with Crippen molar-refractivity contribution in [2.75, 3.05) is 13.1 Å². The number of likely N-dealkylation sites (tertiary alicyclic amines) is 1. The van der Waals surface area contributed by atoms with Crippen LogP contribution < -0.4 is 0 Å². The van der Waals surface area contributed by atoms with E-state index < -0.39 is 0 Å². The third-order valence-electron chi connectivity index (χ3n) is 5.93. The minimum absolute atomic E-state index is 0.00457. The maximum atomic E-state index is 9.98. The molecule has 2 aliphatic carbocycles. The van der Waals surface area contributed by atoms with Gasteiger partial charge < -0.3 is 5.11 Å². The van der Waals surface area contributed by atoms with Crippen molar-refractivity contribution in [3.8, 4) is 0 Å². The van der Waals surface area contributed by atoms with Crippen LogP contribution >= 0.6 is 0 Å². The summed E-state index contributed by atoms with van der Waals surface area (Å²) in [6.07, 6.45) is 6.50. The van der Waals surface area contributed by atoms with Crippen LogP contribution in [0.15, 0.2) is 0 Å². The van der Waals surface area contributed by atoms with Crippen molar-refractivity contribution in [3.63, 3.8) is 0 Å². The minimum Gasteiger partial charge on any atom is -0.393 e. The van der Waals surface area contributed by atoms with Gasteiger partial charge in [-0.3, -0.25) is 4.90 Å². The fourth-order valence-electron chi connectivity index (χ4n) is 4.42. The normalized spacial score (nSPS) is 51.7. The van der Waals surface area contributed by atoms with Crippen molar-refractivity contribution in [1.82, 2.24) is 4.90 Å². The van der Waals surface area contributed by atoms with Gasteiger partial charge in [0.25, 0.3) is 0 Å². The summed E-state index contributed by atoms with van der Waals surface area (Å²) in [5.74, 6) is 3.21. The first kappa shape index (κ1) is 12.0. The van der Waals surface area contributed by atoms with Gasteiger partial charge in [-0.05, 0) is 49.9 Å². The van der Waals surface area contributed by atoms with Gasteiger partial charge >= 0.3 is 0 Å². The topological polar surface area (TPSA) is 23.5 Å². The first-order valence-corrected chi connectivity index (χ1v) is 7.57. The smallest absolute Gasteiger partial charge is 0.0583 e. The SMILES string of the molecule is CC1CCC(N2CC3CCC(O)C3C2)CC1C. The summed E-state index contributed by atoms with van der Waals surface area (Å²) in [5.41, 5.74) is 0. The second kappa shape index (κ2) is 4.55. The van der Waals surface area contributed by atoms with Gasteiger partial charge in [0.15, 0.2) is 0 Å². The molecule has 1 N–H and O–H groups in total. The van der Waals surface area contributed by atoms with Gasteiger partial charge in [-0.2, -0.15) is 0 Å². The van der Waals surface area contributed by atoms with Gasteiger partial charge in [-0.15, -0.1) is 0 Å². The van der Waals surface area contributed by atoms with Gasteiger partial charge in [-0.25, -0.2) is 0 Å². The van der Waals surface area contributed by atoms with Crippen molar-refractivity contribution in [2.45, 2.75) is 58.1 Å². The van der Waals surface area contributed by atoms with Crippen LogP contribution in [0.25, 0.3) is 0 Å². The molecule has 6 unspecified atom stereocenters. The molecule has 0 aromatic carbocycles. The van der Waals surface area contributed by atoms with Crippen molar-refractivity contribution in [3.05, 3.63) is 0 Å². The van der Waals surface area contributed by atoms with Crippen LogP contribution in [0.3, 0.4) is 0 Å². The third kappa shape index (κ3) is 2.15. The monoisotopic (exact) mass is 237 g/mol. The zero-order chi connectivity index (χ0) is 12.0. The number of aliphatic hydroxyl groups excluding tert-OH is 1. The van der Waals surface area contributed by atoms with Crippen LogP contribution in [0.4, 0.5) is 0 Å². The summed E-state index contributed by atoms with van der Waals surface area (Å²) in [6, 6.07) is 0.819. The Balaban J connectivity index is 1.60. The van der Waals surface area contributed by atoms with Gasteiger partial charge in [0.2, 0.25) is 0 Å². The Labute approximate surface area is 105 Å². The molecule has 3 rings (SSSR count). The molecule has 1 saturated heterocycles. The van der Waals surface area contributed by atoms with E-state index in [1.165, 1.54) is 38.8 Å². The fraction of sp³-hybridized carbons (Fsp3) is 1.00. The maximum Gasteiger partial charge on any atom is 0.0583 e. The highest BCUT2D eigenvalue weighted by Crippen LogP contribution is 2.41. The molecule has 0 radical (unpaired) electrons. The summed E-state index contributed by atoms with van der Waals surface area (Å²) in [5, 5.41) is 9.98. The lowest BCUT2D eigenvalue weighted by Crippen LogP contribution is -2.39. The van der Waals surface area contributed by atoms with Crippen LogP contribution in [0.2, 0.25) is 0 Å². The molecule has 1 heterocycles. The molecule has 2 saturated carbocycles. The van der Waals surface area contributed by atoms with Crippen LogP contribution in [-0.4, -0.2) is 35.2 Å². The Morgan fingerprint density at radius 2 is 1.76 bits per heavy atom. The molecule has 98 valence electrons. The predicted molar refractivity (Wildman–Crippen MR) is 69.8 cm³/mol. The van der Waals surface area contributed by atoms with Crippen molar-refractivity contribution in [2.24, 2.45) is 23.7 Å². The number of hydrogen-bond donors (Lipinski definition) is 1. The molecule has 17 heavy (non-hydrogen) atoms. The second-order valence-electron chi connectivity index (χ2n) is 6.94. The van der Waals surface area contributed by atoms with Crippen LogP contribution in [0.1, 0.15) is 46.0 Å². The first-order chi connectivity index (χ1) is 8.15. The first-order valence-electron chi connectivity index (χ1n) is 7.57. The highest BCUT2D eigenvalue weighted by molar-refractivity contribution is 4.96. The number of rotatable bonds is 1. The van der Waals surface area contributed by atoms with Crippen molar-refractivity contribution < 1.29 is 5.11 Å². The quantitative estimate of drug-likeness (QED) is 0.757. The van der Waals surface area contributed by atoms with Crippen LogP contribution in [-0.2, 0) is 0 Å². The summed E-state index contributed by atoms with van der Waals surface area (Å²) >= 11 is 0. The molecule has 0 spiro atoms. The Morgan fingerprint density at radius 1 is 0.941 bits per heavy atom. The van der Waals surface area contributed by atoms with Gasteiger partial charge in [0.05, 0.1) is 6.10 Å². The maximum absolute atomic E-state index is 9.98. The van der Waals surface area contributed by atoms with E-state index in [0.29, 0.717) is 5.92 Å². The lowest BCUT2D eigenvalue weighted by atomic mass is 9.78. The van der Waals surface area contributed by atoms with Crippen LogP contribution in [0.5, 0.6) is 0 Å². The lowest BCUT2D eigenvalue weighted by Gasteiger charge is -2.37. The summed E-state index contributed by atoms with van der Waals surface area (Å²) in [6.45, 7) is 7.27. The summed E-state index contributed by atoms with van der Waals surface area (Å²) < 4.78 is 0. The standard InChI is InChI=1S/C15H27NO/c1-10-3-5-13(7-11(10)2)16-8-12-4-6-15(17)14(12)9-16/h10-15,17H,3-9H2,1-2H3. The molecule has 1 aliphatic heterocycles. The van der Waals surface area contributed by atoms with E-state index >= 15 is 0 Å². The average molecular weight is 237 g/mol. The average Bonchev–Trinajstić information content (AvgIpc) is 2.86. The number of fused-ring (bicyclic) bond motifs is 1. The van der Waals surface area contributed by atoms with Crippen molar-refractivity contribution >= 4 is 0 Å². The molecule has 3 aliphatic rings. The molecule has 0 aromatic rings. The molecule has 2 heteroatoms. The molecule has 2 nitrogen and oxygen atoms in total. The molecule has 0 aromatic heterocycles. The molecule has 0 bridgehead atoms. The number of aliphatic hydroxyl groups is 1.